The van der Waals surface area contributed by atoms with Crippen molar-refractivity contribution in [2.24, 2.45) is 0 Å². The summed E-state index contributed by atoms with van der Waals surface area (Å²) in [5, 5.41) is 0. The molecule has 1 heterocycles. The Kier molecular flexibility index (Phi) is 2.10. The first-order valence-corrected chi connectivity index (χ1v) is 2.97. The Morgan fingerprint density at radius 2 is 2.60 bits per heavy atom. The molecule has 3 nitrogen and oxygen atoms in total. The van der Waals surface area contributed by atoms with Gasteiger partial charge in [-0.05, 0) is 6.08 Å². The minimum atomic E-state index is -0.360. The standard InChI is InChI=1S/C7H8O3/c1-6(8)10-7-4-2-3-5-9-7/h2-4H,5H2,1H3. The Hall–Kier alpha value is -1.25. The van der Waals surface area contributed by atoms with Crippen molar-refractivity contribution in [2.75, 3.05) is 6.61 Å². The number of carbonyl (C=O) groups excluding carboxylic acids is 1. The monoisotopic (exact) mass is 140 g/mol. The van der Waals surface area contributed by atoms with Gasteiger partial charge in [-0.1, -0.05) is 6.08 Å². The molecule has 0 aromatic carbocycles. The quantitative estimate of drug-likeness (QED) is 0.509. The fourth-order valence-corrected chi connectivity index (χ4v) is 0.586. The zero-order valence-electron chi connectivity index (χ0n) is 5.66. The average molecular weight is 140 g/mol. The van der Waals surface area contributed by atoms with Crippen molar-refractivity contribution in [3.05, 3.63) is 24.2 Å². The molecule has 3 heteroatoms. The van der Waals surface area contributed by atoms with Gasteiger partial charge < -0.3 is 9.47 Å². The Morgan fingerprint density at radius 1 is 1.80 bits per heavy atom. The lowest BCUT2D eigenvalue weighted by atomic mass is 10.4. The highest BCUT2D eigenvalue weighted by molar-refractivity contribution is 5.67. The predicted octanol–water partition coefficient (Wildman–Crippen LogP) is 0.977. The molecule has 0 amide bonds. The molecule has 1 rings (SSSR count). The van der Waals surface area contributed by atoms with E-state index in [1.165, 1.54) is 6.92 Å². The second-order valence-corrected chi connectivity index (χ2v) is 1.82. The maximum Gasteiger partial charge on any atom is 0.310 e. The van der Waals surface area contributed by atoms with E-state index in [4.69, 9.17) is 4.74 Å². The molecule has 0 aromatic rings. The van der Waals surface area contributed by atoms with Gasteiger partial charge in [0.15, 0.2) is 0 Å². The molecule has 0 fully saturated rings. The number of hydrogen-bond acceptors (Lipinski definition) is 3. The van der Waals surface area contributed by atoms with Crippen LogP contribution < -0.4 is 0 Å². The summed E-state index contributed by atoms with van der Waals surface area (Å²) in [6.45, 7) is 1.81. The van der Waals surface area contributed by atoms with Crippen molar-refractivity contribution in [3.8, 4) is 0 Å². The fourth-order valence-electron chi connectivity index (χ4n) is 0.586. The van der Waals surface area contributed by atoms with Crippen molar-refractivity contribution in [1.29, 1.82) is 0 Å². The predicted molar refractivity (Wildman–Crippen MR) is 34.9 cm³/mol. The minimum absolute atomic E-state index is 0.273. The van der Waals surface area contributed by atoms with Crippen LogP contribution in [0.1, 0.15) is 6.92 Å². The maximum atomic E-state index is 10.3. The van der Waals surface area contributed by atoms with E-state index in [1.54, 1.807) is 12.2 Å². The molecule has 54 valence electrons. The van der Waals surface area contributed by atoms with E-state index in [1.807, 2.05) is 6.08 Å². The molecular formula is C7H8O3. The first kappa shape index (κ1) is 6.86. The van der Waals surface area contributed by atoms with Gasteiger partial charge in [-0.15, -0.1) is 0 Å². The van der Waals surface area contributed by atoms with Gasteiger partial charge in [0.05, 0.1) is 0 Å². The van der Waals surface area contributed by atoms with E-state index < -0.39 is 0 Å². The van der Waals surface area contributed by atoms with Crippen LogP contribution in [-0.2, 0) is 14.3 Å². The van der Waals surface area contributed by atoms with Gasteiger partial charge in [-0.25, -0.2) is 0 Å². The molecule has 0 N–H and O–H groups in total. The van der Waals surface area contributed by atoms with Gasteiger partial charge in [-0.2, -0.15) is 0 Å². The summed E-state index contributed by atoms with van der Waals surface area (Å²) < 4.78 is 9.56. The molecular weight excluding hydrogens is 132 g/mol. The van der Waals surface area contributed by atoms with E-state index in [2.05, 4.69) is 4.74 Å². The van der Waals surface area contributed by atoms with Crippen LogP contribution in [0.2, 0.25) is 0 Å². The summed E-state index contributed by atoms with van der Waals surface area (Å²) in [4.78, 5) is 10.3. The number of rotatable bonds is 1. The summed E-state index contributed by atoms with van der Waals surface area (Å²) in [6.07, 6.45) is 5.21. The highest BCUT2D eigenvalue weighted by Crippen LogP contribution is 2.04. The second kappa shape index (κ2) is 3.06. The highest BCUT2D eigenvalue weighted by Gasteiger charge is 2.02. The van der Waals surface area contributed by atoms with Crippen molar-refractivity contribution < 1.29 is 14.3 Å². The molecule has 0 spiro atoms. The number of esters is 1. The summed E-state index contributed by atoms with van der Waals surface area (Å²) in [5.74, 6) is -0.0865. The third-order valence-corrected chi connectivity index (χ3v) is 0.935. The van der Waals surface area contributed by atoms with Crippen LogP contribution in [0.15, 0.2) is 24.2 Å². The van der Waals surface area contributed by atoms with E-state index in [0.717, 1.165) is 0 Å². The Bertz CT molecular complexity index is 191. The number of allylic oxidation sites excluding steroid dienone is 2. The van der Waals surface area contributed by atoms with Crippen LogP contribution in [0.5, 0.6) is 0 Å². The normalized spacial score (nSPS) is 15.5. The van der Waals surface area contributed by atoms with Gasteiger partial charge >= 0.3 is 5.97 Å². The van der Waals surface area contributed by atoms with E-state index in [0.29, 0.717) is 6.61 Å². The molecule has 0 bridgehead atoms. The SMILES string of the molecule is CC(=O)OC1=CC=CCO1. The fraction of sp³-hybridized carbons (Fsp3) is 0.286. The van der Waals surface area contributed by atoms with E-state index in [-0.39, 0.29) is 11.9 Å². The lowest BCUT2D eigenvalue weighted by molar-refractivity contribution is -0.142. The molecule has 0 unspecified atom stereocenters. The van der Waals surface area contributed by atoms with Crippen LogP contribution >= 0.6 is 0 Å². The van der Waals surface area contributed by atoms with Gasteiger partial charge in [0.2, 0.25) is 0 Å². The molecule has 1 aliphatic rings. The van der Waals surface area contributed by atoms with E-state index in [9.17, 15) is 4.79 Å². The summed E-state index contributed by atoms with van der Waals surface area (Å²) in [6, 6.07) is 0. The molecule has 0 aromatic heterocycles. The van der Waals surface area contributed by atoms with Crippen molar-refractivity contribution in [1.82, 2.24) is 0 Å². The zero-order chi connectivity index (χ0) is 7.40. The average Bonchev–Trinajstić information content (AvgIpc) is 1.88. The third kappa shape index (κ3) is 1.93. The Morgan fingerprint density at radius 3 is 3.10 bits per heavy atom. The second-order valence-electron chi connectivity index (χ2n) is 1.82. The number of carbonyl (C=O) groups is 1. The van der Waals surface area contributed by atoms with Crippen LogP contribution in [0.3, 0.4) is 0 Å². The largest absolute Gasteiger partial charge is 0.461 e. The molecule has 1 aliphatic heterocycles. The molecule has 0 radical (unpaired) electrons. The van der Waals surface area contributed by atoms with Crippen LogP contribution in [0.4, 0.5) is 0 Å². The van der Waals surface area contributed by atoms with Crippen LogP contribution in [0, 0.1) is 0 Å². The molecule has 0 atom stereocenters. The molecule has 0 saturated carbocycles. The number of hydrogen-bond donors (Lipinski definition) is 0. The van der Waals surface area contributed by atoms with Crippen LogP contribution in [-0.4, -0.2) is 12.6 Å². The van der Waals surface area contributed by atoms with Gasteiger partial charge in [0.1, 0.15) is 6.61 Å². The Balaban J connectivity index is 2.47. The maximum absolute atomic E-state index is 10.3. The topological polar surface area (TPSA) is 35.5 Å². The van der Waals surface area contributed by atoms with Crippen molar-refractivity contribution >= 4 is 5.97 Å². The lowest BCUT2D eigenvalue weighted by Gasteiger charge is -2.08. The van der Waals surface area contributed by atoms with Crippen molar-refractivity contribution in [2.45, 2.75) is 6.92 Å². The van der Waals surface area contributed by atoms with Crippen molar-refractivity contribution in [3.63, 3.8) is 0 Å². The van der Waals surface area contributed by atoms with E-state index >= 15 is 0 Å². The lowest BCUT2D eigenvalue weighted by Crippen LogP contribution is -2.04. The molecule has 10 heavy (non-hydrogen) atoms. The first-order chi connectivity index (χ1) is 4.79. The minimum Gasteiger partial charge on any atom is -0.461 e. The summed E-state index contributed by atoms with van der Waals surface area (Å²) in [5.41, 5.74) is 0. The number of ether oxygens (including phenoxy) is 2. The van der Waals surface area contributed by atoms with Gasteiger partial charge in [-0.3, -0.25) is 4.79 Å². The molecule has 0 aliphatic carbocycles. The molecule has 0 saturated heterocycles. The van der Waals surface area contributed by atoms with Gasteiger partial charge in [0.25, 0.3) is 5.95 Å². The zero-order valence-corrected chi connectivity index (χ0v) is 5.66. The van der Waals surface area contributed by atoms with Gasteiger partial charge in [0, 0.05) is 13.0 Å². The third-order valence-electron chi connectivity index (χ3n) is 0.935. The summed E-state index contributed by atoms with van der Waals surface area (Å²) >= 11 is 0. The highest BCUT2D eigenvalue weighted by atomic mass is 16.7. The first-order valence-electron chi connectivity index (χ1n) is 2.97. The van der Waals surface area contributed by atoms with Crippen LogP contribution in [0.25, 0.3) is 0 Å². The summed E-state index contributed by atoms with van der Waals surface area (Å²) in [7, 11) is 0. The Labute approximate surface area is 58.9 Å². The smallest absolute Gasteiger partial charge is 0.310 e.